The second kappa shape index (κ2) is 9.74. The third kappa shape index (κ3) is 4.56. The molecule has 178 valence electrons. The molecule has 3 aromatic carbocycles. The fraction of sp³-hybridized carbons (Fsp3) is 0.276. The quantitative estimate of drug-likeness (QED) is 0.457. The Morgan fingerprint density at radius 1 is 0.943 bits per heavy atom. The van der Waals surface area contributed by atoms with Gasteiger partial charge in [0.1, 0.15) is 0 Å². The van der Waals surface area contributed by atoms with Crippen molar-refractivity contribution in [2.24, 2.45) is 5.92 Å². The number of nitrogens with one attached hydrogen (secondary N) is 3. The molecule has 3 aromatic rings. The summed E-state index contributed by atoms with van der Waals surface area (Å²) in [5.74, 6) is 0.373. The Morgan fingerprint density at radius 3 is 2.20 bits per heavy atom. The Labute approximate surface area is 205 Å². The summed E-state index contributed by atoms with van der Waals surface area (Å²) in [7, 11) is 0. The van der Waals surface area contributed by atoms with Crippen molar-refractivity contribution in [1.82, 2.24) is 10.2 Å². The molecule has 0 radical (unpaired) electrons. The molecule has 0 atom stereocenters. The molecule has 0 unspecified atom stereocenters. The third-order valence-electron chi connectivity index (χ3n) is 7.06. The summed E-state index contributed by atoms with van der Waals surface area (Å²) in [6, 6.07) is 26.6. The molecule has 2 fully saturated rings. The normalized spacial score (nSPS) is 17.4. The van der Waals surface area contributed by atoms with Crippen LogP contribution in [0.2, 0.25) is 0 Å². The van der Waals surface area contributed by atoms with Crippen LogP contribution in [0.15, 0.2) is 84.9 Å². The molecule has 0 aromatic heterocycles. The van der Waals surface area contributed by atoms with Gasteiger partial charge in [-0.1, -0.05) is 85.6 Å². The lowest BCUT2D eigenvalue weighted by molar-refractivity contribution is -0.130. The summed E-state index contributed by atoms with van der Waals surface area (Å²) in [6.07, 6.45) is 5.24. The highest BCUT2D eigenvalue weighted by Gasteiger charge is 2.52. The maximum absolute atomic E-state index is 14.0. The van der Waals surface area contributed by atoms with E-state index >= 15 is 0 Å². The van der Waals surface area contributed by atoms with E-state index < -0.39 is 5.54 Å². The largest absolute Gasteiger partial charge is 0.334 e. The highest BCUT2D eigenvalue weighted by atomic mass is 16.2. The molecule has 1 saturated carbocycles. The number of nitrogens with zero attached hydrogens (tertiary/aromatic N) is 1. The van der Waals surface area contributed by atoms with Gasteiger partial charge >= 0.3 is 0 Å². The van der Waals surface area contributed by atoms with Crippen molar-refractivity contribution < 1.29 is 9.59 Å². The number of carbonyl (C=O) groups is 2. The van der Waals surface area contributed by atoms with E-state index in [1.165, 1.54) is 17.7 Å². The molecule has 35 heavy (non-hydrogen) atoms. The first-order valence-corrected chi connectivity index (χ1v) is 12.2. The standard InChI is InChI=1S/C29H30N4O2/c30-28-32-29(23-13-3-1-4-14-23,24-15-5-2-6-16-24)27(35)33(28)20-22-12-9-17-25(18-22)31-26(34)19-21-10-7-8-11-21/h1-6,9,12-18,21H,7-8,10-11,19-20H2,(H2,30,32)(H,31,34). The SMILES string of the molecule is N=C1NC(c2ccccc2)(c2ccccc2)C(=O)N1Cc1cccc(NC(=O)CC2CCCC2)c1. The van der Waals surface area contributed by atoms with Gasteiger partial charge in [0, 0.05) is 12.1 Å². The van der Waals surface area contributed by atoms with Crippen molar-refractivity contribution in [1.29, 1.82) is 5.41 Å². The van der Waals surface area contributed by atoms with Crippen molar-refractivity contribution in [2.75, 3.05) is 5.32 Å². The Hall–Kier alpha value is -3.93. The van der Waals surface area contributed by atoms with Crippen molar-refractivity contribution in [2.45, 2.75) is 44.2 Å². The fourth-order valence-electron chi connectivity index (χ4n) is 5.31. The Balaban J connectivity index is 1.37. The van der Waals surface area contributed by atoms with Crippen LogP contribution >= 0.6 is 0 Å². The minimum Gasteiger partial charge on any atom is -0.334 e. The highest BCUT2D eigenvalue weighted by molar-refractivity contribution is 6.10. The smallest absolute Gasteiger partial charge is 0.264 e. The van der Waals surface area contributed by atoms with Gasteiger partial charge in [-0.15, -0.1) is 0 Å². The number of amides is 2. The van der Waals surface area contributed by atoms with E-state index in [0.29, 0.717) is 18.0 Å². The van der Waals surface area contributed by atoms with Gasteiger partial charge in [-0.2, -0.15) is 0 Å². The Bertz CT molecular complexity index is 1180. The average Bonchev–Trinajstić information content (AvgIpc) is 3.47. The highest BCUT2D eigenvalue weighted by Crippen LogP contribution is 2.36. The molecule has 1 heterocycles. The molecule has 1 aliphatic heterocycles. The number of rotatable bonds is 7. The van der Waals surface area contributed by atoms with Crippen molar-refractivity contribution in [3.05, 3.63) is 102 Å². The van der Waals surface area contributed by atoms with Crippen LogP contribution in [0.4, 0.5) is 5.69 Å². The second-order valence-electron chi connectivity index (χ2n) is 9.45. The predicted octanol–water partition coefficient (Wildman–Crippen LogP) is 5.02. The molecule has 2 aliphatic rings. The molecule has 6 heteroatoms. The predicted molar refractivity (Wildman–Crippen MR) is 137 cm³/mol. The van der Waals surface area contributed by atoms with Gasteiger partial charge in [0.2, 0.25) is 5.91 Å². The maximum atomic E-state index is 14.0. The van der Waals surface area contributed by atoms with Gasteiger partial charge in [0.25, 0.3) is 5.91 Å². The lowest BCUT2D eigenvalue weighted by Crippen LogP contribution is -2.45. The average molecular weight is 467 g/mol. The van der Waals surface area contributed by atoms with Crippen molar-refractivity contribution in [3.8, 4) is 0 Å². The lowest BCUT2D eigenvalue weighted by atomic mass is 9.82. The van der Waals surface area contributed by atoms with Crippen LogP contribution in [-0.2, 0) is 21.7 Å². The zero-order chi connectivity index (χ0) is 24.3. The van der Waals surface area contributed by atoms with Gasteiger partial charge < -0.3 is 10.6 Å². The van der Waals surface area contributed by atoms with Crippen LogP contribution in [0.1, 0.15) is 48.8 Å². The van der Waals surface area contributed by atoms with E-state index in [2.05, 4.69) is 10.6 Å². The van der Waals surface area contributed by atoms with Gasteiger partial charge in [-0.25, -0.2) is 0 Å². The van der Waals surface area contributed by atoms with E-state index in [0.717, 1.165) is 29.5 Å². The van der Waals surface area contributed by atoms with Crippen LogP contribution < -0.4 is 10.6 Å². The molecule has 6 nitrogen and oxygen atoms in total. The molecular weight excluding hydrogens is 436 g/mol. The van der Waals surface area contributed by atoms with Crippen LogP contribution in [0, 0.1) is 11.3 Å². The van der Waals surface area contributed by atoms with Crippen LogP contribution in [0.3, 0.4) is 0 Å². The lowest BCUT2D eigenvalue weighted by Gasteiger charge is -2.28. The van der Waals surface area contributed by atoms with E-state index in [1.54, 1.807) is 0 Å². The third-order valence-corrected chi connectivity index (χ3v) is 7.06. The molecule has 5 rings (SSSR count). The summed E-state index contributed by atoms with van der Waals surface area (Å²) in [5.41, 5.74) is 1.98. The first kappa shape index (κ1) is 22.8. The van der Waals surface area contributed by atoms with E-state index in [9.17, 15) is 9.59 Å². The summed E-state index contributed by atoms with van der Waals surface area (Å²) in [5, 5.41) is 14.9. The summed E-state index contributed by atoms with van der Waals surface area (Å²) in [4.78, 5) is 27.9. The molecule has 1 saturated heterocycles. The number of hydrogen-bond acceptors (Lipinski definition) is 3. The first-order chi connectivity index (χ1) is 17.1. The maximum Gasteiger partial charge on any atom is 0.264 e. The number of carbonyl (C=O) groups excluding carboxylic acids is 2. The summed E-state index contributed by atoms with van der Waals surface area (Å²) < 4.78 is 0. The number of anilines is 1. The van der Waals surface area contributed by atoms with E-state index in [-0.39, 0.29) is 24.3 Å². The molecule has 0 bridgehead atoms. The molecule has 2 amide bonds. The number of benzene rings is 3. The summed E-state index contributed by atoms with van der Waals surface area (Å²) >= 11 is 0. The number of hydrogen-bond donors (Lipinski definition) is 3. The first-order valence-electron chi connectivity index (χ1n) is 12.2. The van der Waals surface area contributed by atoms with Crippen LogP contribution in [0.25, 0.3) is 0 Å². The van der Waals surface area contributed by atoms with Gasteiger partial charge in [-0.3, -0.25) is 19.9 Å². The zero-order valence-electron chi connectivity index (χ0n) is 19.7. The monoisotopic (exact) mass is 466 g/mol. The summed E-state index contributed by atoms with van der Waals surface area (Å²) in [6.45, 7) is 0.235. The molecule has 0 spiro atoms. The fourth-order valence-corrected chi connectivity index (χ4v) is 5.31. The molecule has 3 N–H and O–H groups in total. The van der Waals surface area contributed by atoms with Crippen LogP contribution in [-0.4, -0.2) is 22.7 Å². The van der Waals surface area contributed by atoms with E-state index in [1.807, 2.05) is 84.9 Å². The van der Waals surface area contributed by atoms with Crippen molar-refractivity contribution in [3.63, 3.8) is 0 Å². The molecular formula is C29H30N4O2. The zero-order valence-corrected chi connectivity index (χ0v) is 19.7. The van der Waals surface area contributed by atoms with Gasteiger partial charge in [0.15, 0.2) is 11.5 Å². The van der Waals surface area contributed by atoms with Crippen molar-refractivity contribution >= 4 is 23.5 Å². The van der Waals surface area contributed by atoms with Crippen LogP contribution in [0.5, 0.6) is 0 Å². The van der Waals surface area contributed by atoms with Gasteiger partial charge in [-0.05, 0) is 47.6 Å². The Kier molecular flexibility index (Phi) is 6.36. The minimum atomic E-state index is -1.16. The Morgan fingerprint density at radius 2 is 1.57 bits per heavy atom. The van der Waals surface area contributed by atoms with Gasteiger partial charge in [0.05, 0.1) is 6.54 Å². The van der Waals surface area contributed by atoms with E-state index in [4.69, 9.17) is 5.41 Å². The second-order valence-corrected chi connectivity index (χ2v) is 9.45. The molecule has 1 aliphatic carbocycles. The minimum absolute atomic E-state index is 0.0351. The topological polar surface area (TPSA) is 85.3 Å². The number of guanidine groups is 1.